The van der Waals surface area contributed by atoms with Crippen molar-refractivity contribution < 1.29 is 9.53 Å². The first-order valence-corrected chi connectivity index (χ1v) is 10.4. The molecule has 1 amide bonds. The fourth-order valence-corrected chi connectivity index (χ4v) is 3.98. The fourth-order valence-electron chi connectivity index (χ4n) is 3.98. The molecule has 0 aliphatic heterocycles. The number of hydrogen-bond donors (Lipinski definition) is 1. The van der Waals surface area contributed by atoms with E-state index in [2.05, 4.69) is 21.4 Å². The van der Waals surface area contributed by atoms with Gasteiger partial charge in [-0.3, -0.25) is 9.59 Å². The molecule has 3 aromatic rings. The van der Waals surface area contributed by atoms with Crippen LogP contribution in [0, 0.1) is 6.92 Å². The van der Waals surface area contributed by atoms with Crippen LogP contribution in [0.25, 0.3) is 10.9 Å². The summed E-state index contributed by atoms with van der Waals surface area (Å²) in [7, 11) is 0. The van der Waals surface area contributed by atoms with Crippen molar-refractivity contribution in [3.63, 3.8) is 0 Å². The molecule has 0 unspecified atom stereocenters. The van der Waals surface area contributed by atoms with Gasteiger partial charge in [-0.25, -0.2) is 9.97 Å². The van der Waals surface area contributed by atoms with Gasteiger partial charge in [0.2, 0.25) is 0 Å². The van der Waals surface area contributed by atoms with Crippen molar-refractivity contribution in [2.45, 2.75) is 45.2 Å². The number of nitrogens with zero attached hydrogens (tertiary/aromatic N) is 3. The number of rotatable bonds is 7. The highest BCUT2D eigenvalue weighted by Crippen LogP contribution is 2.39. The molecule has 0 saturated heterocycles. The Kier molecular flexibility index (Phi) is 5.90. The number of carbonyl (C=O) groups is 1. The molecule has 0 atom stereocenters. The van der Waals surface area contributed by atoms with Gasteiger partial charge in [0.15, 0.2) is 0 Å². The lowest BCUT2D eigenvalue weighted by Gasteiger charge is -2.36. The lowest BCUT2D eigenvalue weighted by molar-refractivity contribution is 0.0907. The number of aryl methyl sites for hydroxylation is 1. The largest absolute Gasteiger partial charge is 0.380 e. The summed E-state index contributed by atoms with van der Waals surface area (Å²) in [4.78, 5) is 33.4. The standard InChI is InChI=1S/C23H26N4O3/c1-3-30-10-9-27-13-16(7-8-21(27)28)23(29)26-18-11-17(12-18)20-6-4-5-19-15(2)24-14-25-22(19)20/h4-8,13-14,17-18H,3,9-12H2,1-2H3,(H,26,29). The number of nitrogens with one attached hydrogen (secondary N) is 1. The summed E-state index contributed by atoms with van der Waals surface area (Å²) < 4.78 is 6.83. The smallest absolute Gasteiger partial charge is 0.252 e. The summed E-state index contributed by atoms with van der Waals surface area (Å²) >= 11 is 0. The van der Waals surface area contributed by atoms with Crippen LogP contribution in [0.4, 0.5) is 0 Å². The summed E-state index contributed by atoms with van der Waals surface area (Å²) in [6, 6.07) is 9.34. The highest BCUT2D eigenvalue weighted by molar-refractivity contribution is 5.94. The van der Waals surface area contributed by atoms with Gasteiger partial charge in [0.05, 0.1) is 17.7 Å². The molecule has 4 rings (SSSR count). The minimum Gasteiger partial charge on any atom is -0.380 e. The molecule has 1 aromatic carbocycles. The fraction of sp³-hybridized carbons (Fsp3) is 0.391. The minimum absolute atomic E-state index is 0.115. The molecule has 30 heavy (non-hydrogen) atoms. The Bertz CT molecular complexity index is 1120. The molecule has 2 aromatic heterocycles. The van der Waals surface area contributed by atoms with Crippen molar-refractivity contribution in [3.05, 3.63) is 70.0 Å². The molecular weight excluding hydrogens is 380 g/mol. The first kappa shape index (κ1) is 20.2. The zero-order valence-corrected chi connectivity index (χ0v) is 17.3. The lowest BCUT2D eigenvalue weighted by atomic mass is 9.75. The quantitative estimate of drug-likeness (QED) is 0.610. The molecular formula is C23H26N4O3. The predicted molar refractivity (Wildman–Crippen MR) is 115 cm³/mol. The molecule has 7 heteroatoms. The van der Waals surface area contributed by atoms with E-state index in [4.69, 9.17) is 4.74 Å². The van der Waals surface area contributed by atoms with Crippen LogP contribution in [-0.4, -0.2) is 39.7 Å². The molecule has 0 radical (unpaired) electrons. The number of hydrogen-bond acceptors (Lipinski definition) is 5. The second-order valence-corrected chi connectivity index (χ2v) is 7.69. The van der Waals surface area contributed by atoms with Gasteiger partial charge in [0.1, 0.15) is 6.33 Å². The van der Waals surface area contributed by atoms with Gasteiger partial charge in [0.25, 0.3) is 11.5 Å². The van der Waals surface area contributed by atoms with Crippen LogP contribution < -0.4 is 10.9 Å². The third-order valence-corrected chi connectivity index (χ3v) is 5.73. The predicted octanol–water partition coefficient (Wildman–Crippen LogP) is 2.81. The van der Waals surface area contributed by atoms with E-state index in [-0.39, 0.29) is 17.5 Å². The summed E-state index contributed by atoms with van der Waals surface area (Å²) in [5.41, 5.74) is 3.55. The Balaban J connectivity index is 1.40. The molecule has 1 saturated carbocycles. The Morgan fingerprint density at radius 1 is 1.23 bits per heavy atom. The second-order valence-electron chi connectivity index (χ2n) is 7.69. The van der Waals surface area contributed by atoms with Crippen molar-refractivity contribution >= 4 is 16.8 Å². The summed E-state index contributed by atoms with van der Waals surface area (Å²) in [5.74, 6) is 0.216. The molecule has 0 bridgehead atoms. The Morgan fingerprint density at radius 3 is 2.87 bits per heavy atom. The molecule has 0 spiro atoms. The summed E-state index contributed by atoms with van der Waals surface area (Å²) in [6.07, 6.45) is 4.96. The number of aromatic nitrogens is 3. The average Bonchev–Trinajstić information content (AvgIpc) is 2.72. The van der Waals surface area contributed by atoms with Gasteiger partial charge in [-0.05, 0) is 44.2 Å². The van der Waals surface area contributed by atoms with Gasteiger partial charge < -0.3 is 14.6 Å². The third-order valence-electron chi connectivity index (χ3n) is 5.73. The van der Waals surface area contributed by atoms with Crippen LogP contribution in [0.1, 0.15) is 47.3 Å². The van der Waals surface area contributed by atoms with Crippen molar-refractivity contribution in [1.82, 2.24) is 19.9 Å². The number of amides is 1. The number of fused-ring (bicyclic) bond motifs is 1. The van der Waals surface area contributed by atoms with Crippen LogP contribution in [0.15, 0.2) is 47.7 Å². The molecule has 2 heterocycles. The van der Waals surface area contributed by atoms with Crippen LogP contribution in [0.2, 0.25) is 0 Å². The summed E-state index contributed by atoms with van der Waals surface area (Å²) in [6.45, 7) is 5.37. The Hall–Kier alpha value is -3.06. The van der Waals surface area contributed by atoms with Crippen LogP contribution in [0.5, 0.6) is 0 Å². The maximum atomic E-state index is 12.7. The molecule has 1 fully saturated rings. The van der Waals surface area contributed by atoms with Gasteiger partial charge in [-0.15, -0.1) is 0 Å². The van der Waals surface area contributed by atoms with E-state index in [1.165, 1.54) is 16.2 Å². The molecule has 1 aliphatic rings. The maximum absolute atomic E-state index is 12.7. The summed E-state index contributed by atoms with van der Waals surface area (Å²) in [5, 5.41) is 4.17. The van der Waals surface area contributed by atoms with E-state index in [1.54, 1.807) is 18.6 Å². The van der Waals surface area contributed by atoms with E-state index in [1.807, 2.05) is 26.0 Å². The molecule has 156 valence electrons. The van der Waals surface area contributed by atoms with Crippen LogP contribution in [0.3, 0.4) is 0 Å². The monoisotopic (exact) mass is 406 g/mol. The van der Waals surface area contributed by atoms with Crippen molar-refractivity contribution in [1.29, 1.82) is 0 Å². The van der Waals surface area contributed by atoms with E-state index in [0.29, 0.717) is 31.2 Å². The normalized spacial score (nSPS) is 18.2. The van der Waals surface area contributed by atoms with Gasteiger partial charge >= 0.3 is 0 Å². The topological polar surface area (TPSA) is 86.1 Å². The van der Waals surface area contributed by atoms with E-state index in [9.17, 15) is 9.59 Å². The molecule has 1 aliphatic carbocycles. The average molecular weight is 406 g/mol. The van der Waals surface area contributed by atoms with Crippen molar-refractivity contribution in [3.8, 4) is 0 Å². The second kappa shape index (κ2) is 8.75. The van der Waals surface area contributed by atoms with E-state index >= 15 is 0 Å². The molecule has 7 nitrogen and oxygen atoms in total. The maximum Gasteiger partial charge on any atom is 0.252 e. The highest BCUT2D eigenvalue weighted by atomic mass is 16.5. The van der Waals surface area contributed by atoms with Crippen molar-refractivity contribution in [2.24, 2.45) is 0 Å². The Morgan fingerprint density at radius 2 is 2.07 bits per heavy atom. The first-order valence-electron chi connectivity index (χ1n) is 10.4. The number of ether oxygens (including phenoxy) is 1. The number of pyridine rings is 1. The Labute approximate surface area is 175 Å². The lowest BCUT2D eigenvalue weighted by Crippen LogP contribution is -2.43. The number of benzene rings is 1. The SMILES string of the molecule is CCOCCn1cc(C(=O)NC2CC(c3cccc4c(C)ncnc34)C2)ccc1=O. The van der Waals surface area contributed by atoms with Gasteiger partial charge in [-0.2, -0.15) is 0 Å². The van der Waals surface area contributed by atoms with Crippen LogP contribution in [-0.2, 0) is 11.3 Å². The first-order chi connectivity index (χ1) is 14.6. The van der Waals surface area contributed by atoms with E-state index < -0.39 is 0 Å². The zero-order valence-electron chi connectivity index (χ0n) is 17.3. The van der Waals surface area contributed by atoms with E-state index in [0.717, 1.165) is 29.4 Å². The zero-order chi connectivity index (χ0) is 21.1. The third kappa shape index (κ3) is 4.11. The van der Waals surface area contributed by atoms with Gasteiger partial charge in [0, 0.05) is 42.5 Å². The highest BCUT2D eigenvalue weighted by Gasteiger charge is 2.33. The molecule has 1 N–H and O–H groups in total. The van der Waals surface area contributed by atoms with Gasteiger partial charge in [-0.1, -0.05) is 18.2 Å². The number of para-hydroxylation sites is 1. The number of carbonyl (C=O) groups excluding carboxylic acids is 1. The van der Waals surface area contributed by atoms with Crippen molar-refractivity contribution in [2.75, 3.05) is 13.2 Å². The van der Waals surface area contributed by atoms with Crippen LogP contribution >= 0.6 is 0 Å². The minimum atomic E-state index is -0.153.